The van der Waals surface area contributed by atoms with Crippen molar-refractivity contribution in [3.05, 3.63) is 95.9 Å². The van der Waals surface area contributed by atoms with Crippen molar-refractivity contribution in [3.8, 4) is 0 Å². The van der Waals surface area contributed by atoms with Gasteiger partial charge in [-0.05, 0) is 119 Å². The number of anilines is 1. The monoisotopic (exact) mass is 969 g/mol. The van der Waals surface area contributed by atoms with Crippen molar-refractivity contribution < 1.29 is 66.3 Å². The summed E-state index contributed by atoms with van der Waals surface area (Å²) < 4.78 is 62.7. The number of aliphatic hydroxyl groups is 1. The molecule has 374 valence electrons. The van der Waals surface area contributed by atoms with E-state index >= 15 is 8.78 Å². The van der Waals surface area contributed by atoms with E-state index in [2.05, 4.69) is 15.6 Å². The predicted molar refractivity (Wildman–Crippen MR) is 250 cm³/mol. The number of nitrogens with zero attached hydrogens (tertiary/aromatic N) is 1. The van der Waals surface area contributed by atoms with Gasteiger partial charge in [0, 0.05) is 53.2 Å². The number of amides is 2. The fourth-order valence-electron chi connectivity index (χ4n) is 11.9. The van der Waals surface area contributed by atoms with Crippen molar-refractivity contribution in [2.24, 2.45) is 22.7 Å². The number of aliphatic hydroxyl groups excluding tert-OH is 1. The molecule has 1 unspecified atom stereocenters. The average molecular weight is 970 g/mol. The van der Waals surface area contributed by atoms with Crippen LogP contribution in [0.2, 0.25) is 0 Å². The maximum atomic E-state index is 17.8. The Hall–Kier alpha value is -5.91. The second-order valence-electron chi connectivity index (χ2n) is 21.1. The van der Waals surface area contributed by atoms with Crippen LogP contribution in [-0.4, -0.2) is 106 Å². The molecular formula is C53H61F2N3O12. The summed E-state index contributed by atoms with van der Waals surface area (Å²) in [7, 11) is 0. The maximum Gasteiger partial charge on any atom is 0.407 e. The van der Waals surface area contributed by atoms with Gasteiger partial charge in [0.1, 0.15) is 11.8 Å². The number of Topliss-reactive ketones (excluding diaryl/α,β-unsaturated/α-hetero) is 1. The molecule has 3 aromatic rings. The van der Waals surface area contributed by atoms with E-state index in [0.29, 0.717) is 17.7 Å². The number of hydrogen-bond acceptors (Lipinski definition) is 13. The third-order valence-corrected chi connectivity index (χ3v) is 15.0. The van der Waals surface area contributed by atoms with E-state index in [0.717, 1.165) is 22.4 Å². The number of alkyl halides is 2. The number of allylic oxidation sites excluding steroid dienone is 4. The first-order chi connectivity index (χ1) is 32.9. The number of aromatic nitrogens is 1. The Morgan fingerprint density at radius 3 is 2.37 bits per heavy atom. The fourth-order valence-corrected chi connectivity index (χ4v) is 11.9. The van der Waals surface area contributed by atoms with Crippen molar-refractivity contribution >= 4 is 52.0 Å². The third kappa shape index (κ3) is 9.27. The summed E-state index contributed by atoms with van der Waals surface area (Å²) in [6.07, 6.45) is 1.19. The molecule has 8 rings (SSSR count). The van der Waals surface area contributed by atoms with Crippen molar-refractivity contribution in [1.29, 1.82) is 0 Å². The quantitative estimate of drug-likeness (QED) is 0.107. The number of esters is 2. The van der Waals surface area contributed by atoms with Crippen molar-refractivity contribution in [3.63, 3.8) is 0 Å². The molecule has 17 heteroatoms. The van der Waals surface area contributed by atoms with Gasteiger partial charge in [-0.1, -0.05) is 43.3 Å². The van der Waals surface area contributed by atoms with E-state index in [4.69, 9.17) is 23.7 Å². The van der Waals surface area contributed by atoms with Crippen LogP contribution < -0.4 is 10.6 Å². The highest BCUT2D eigenvalue weighted by Gasteiger charge is 2.80. The van der Waals surface area contributed by atoms with Gasteiger partial charge in [0.05, 0.1) is 37.6 Å². The minimum absolute atomic E-state index is 0.0157. The minimum Gasteiger partial charge on any atom is -0.465 e. The number of alkyl carbamates (subject to hydrolysis) is 1. The first-order valence-electron chi connectivity index (χ1n) is 23.8. The highest BCUT2D eigenvalue weighted by molar-refractivity contribution is 6.01. The van der Waals surface area contributed by atoms with Gasteiger partial charge >= 0.3 is 18.0 Å². The van der Waals surface area contributed by atoms with E-state index in [-0.39, 0.29) is 50.3 Å². The Bertz CT molecular complexity index is 2650. The number of pyridine rings is 1. The first kappa shape index (κ1) is 50.5. The number of ether oxygens (including phenoxy) is 5. The van der Waals surface area contributed by atoms with Gasteiger partial charge in [-0.3, -0.25) is 29.0 Å². The molecule has 2 aromatic carbocycles. The van der Waals surface area contributed by atoms with E-state index in [1.165, 1.54) is 19.1 Å². The van der Waals surface area contributed by atoms with Gasteiger partial charge in [-0.2, -0.15) is 0 Å². The summed E-state index contributed by atoms with van der Waals surface area (Å²) in [5.74, 6) is -6.87. The SMILES string of the molecule is CC(C)(C)OC(=O)NCC(C(=O)Nc1ccc2cnccc2c1)c1ccc(CCOC(=O)CCC(=O)OCC(=O)[C@@]23OC(C)(C)O[C@@H]2C[C@H]2[C@@H]4C[C@H](F)C5=CC(=O)C=C[C@]5(C)[C@@]4(F)[C@@H](O)C[C@@]23C)cc1. The van der Waals surface area contributed by atoms with Crippen LogP contribution in [0.3, 0.4) is 0 Å². The van der Waals surface area contributed by atoms with E-state index in [9.17, 15) is 33.9 Å². The number of rotatable bonds is 14. The summed E-state index contributed by atoms with van der Waals surface area (Å²) in [6.45, 7) is 10.9. The van der Waals surface area contributed by atoms with Crippen LogP contribution in [0.25, 0.3) is 10.8 Å². The maximum absolute atomic E-state index is 17.8. The molecule has 70 heavy (non-hydrogen) atoms. The summed E-state index contributed by atoms with van der Waals surface area (Å²) in [5.41, 5.74) is -5.85. The Balaban J connectivity index is 0.849. The number of carbonyl (C=O) groups is 6. The Morgan fingerprint density at radius 1 is 0.943 bits per heavy atom. The molecular weight excluding hydrogens is 909 g/mol. The average Bonchev–Trinajstić information content (AvgIpc) is 3.71. The normalized spacial score (nSPS) is 31.0. The number of ketones is 2. The van der Waals surface area contributed by atoms with Gasteiger partial charge in [-0.15, -0.1) is 0 Å². The highest BCUT2D eigenvalue weighted by Crippen LogP contribution is 2.72. The smallest absolute Gasteiger partial charge is 0.407 e. The number of benzene rings is 2. The van der Waals surface area contributed by atoms with Gasteiger partial charge in [-0.25, -0.2) is 13.6 Å². The lowest BCUT2D eigenvalue weighted by molar-refractivity contribution is -0.249. The molecule has 2 heterocycles. The topological polar surface area (TPSA) is 206 Å². The van der Waals surface area contributed by atoms with Gasteiger partial charge in [0.2, 0.25) is 11.7 Å². The Labute approximate surface area is 405 Å². The number of halogens is 2. The number of nitrogens with one attached hydrogen (secondary N) is 2. The minimum atomic E-state index is -2.38. The molecule has 3 N–H and O–H groups in total. The molecule has 10 atom stereocenters. The molecule has 1 aliphatic heterocycles. The van der Waals surface area contributed by atoms with Crippen LogP contribution in [0, 0.1) is 22.7 Å². The highest BCUT2D eigenvalue weighted by atomic mass is 19.1. The van der Waals surface area contributed by atoms with E-state index in [1.54, 1.807) is 84.3 Å². The zero-order valence-corrected chi connectivity index (χ0v) is 40.5. The van der Waals surface area contributed by atoms with Crippen LogP contribution in [0.4, 0.5) is 19.3 Å². The number of carbonyl (C=O) groups excluding carboxylic acids is 6. The molecule has 3 saturated carbocycles. The molecule has 4 fully saturated rings. The zero-order valence-electron chi connectivity index (χ0n) is 40.5. The second-order valence-corrected chi connectivity index (χ2v) is 21.1. The lowest BCUT2D eigenvalue weighted by atomic mass is 9.44. The molecule has 2 amide bonds. The fraction of sp³-hybridized carbons (Fsp3) is 0.528. The zero-order chi connectivity index (χ0) is 50.6. The Kier molecular flexibility index (Phi) is 13.5. The van der Waals surface area contributed by atoms with Crippen LogP contribution in [-0.2, 0) is 54.1 Å². The standard InChI is InChI=1S/C53H61F2N3O12/c1-48(2,3)69-47(65)57-28-36(46(64)58-34-13-12-33-27-56-20-17-32(33)22-34)31-10-8-30(9-11-31)18-21-66-44(62)14-15-45(63)67-29-42(61)53-43(68-49(4,5)70-53)25-37-38-24-40(54)39-23-35(59)16-19-50(39,6)52(38,55)41(60)26-51(37,53)7/h8-13,16-17,19-20,22-23,27,36-38,40-41,43,60H,14-15,18,21,24-26,28-29H2,1-7H3,(H,57,65)(H,58,64)/t36?,37-,38-,40-,41-,43+,50-,51-,52-,53+/m0/s1. The summed E-state index contributed by atoms with van der Waals surface area (Å²) >= 11 is 0. The molecule has 5 aliphatic rings. The molecule has 0 bridgehead atoms. The van der Waals surface area contributed by atoms with Crippen molar-refractivity contribution in [1.82, 2.24) is 10.3 Å². The number of hydrogen-bond donors (Lipinski definition) is 3. The second kappa shape index (κ2) is 18.7. The lowest BCUT2D eigenvalue weighted by Gasteiger charge is -2.63. The molecule has 4 aliphatic carbocycles. The largest absolute Gasteiger partial charge is 0.465 e. The number of fused-ring (bicyclic) bond motifs is 8. The predicted octanol–water partition coefficient (Wildman–Crippen LogP) is 7.28. The summed E-state index contributed by atoms with van der Waals surface area (Å²) in [6, 6.07) is 14.4. The van der Waals surface area contributed by atoms with Gasteiger partial charge < -0.3 is 39.4 Å². The lowest BCUT2D eigenvalue weighted by Crippen LogP contribution is -2.71. The molecule has 0 radical (unpaired) electrons. The molecule has 0 spiro atoms. The van der Waals surface area contributed by atoms with Gasteiger partial charge in [0.15, 0.2) is 29.4 Å². The van der Waals surface area contributed by atoms with Crippen LogP contribution in [0.5, 0.6) is 0 Å². The first-order valence-corrected chi connectivity index (χ1v) is 23.8. The van der Waals surface area contributed by atoms with Crippen molar-refractivity contribution in [2.45, 2.75) is 134 Å². The third-order valence-electron chi connectivity index (χ3n) is 15.0. The molecule has 15 nitrogen and oxygen atoms in total. The summed E-state index contributed by atoms with van der Waals surface area (Å²) in [4.78, 5) is 82.8. The van der Waals surface area contributed by atoms with Crippen LogP contribution >= 0.6 is 0 Å². The van der Waals surface area contributed by atoms with Gasteiger partial charge in [0.25, 0.3) is 0 Å². The molecule has 1 saturated heterocycles. The van der Waals surface area contributed by atoms with Crippen molar-refractivity contribution in [2.75, 3.05) is 25.1 Å². The molecule has 1 aromatic heterocycles. The van der Waals surface area contributed by atoms with Crippen LogP contribution in [0.1, 0.15) is 97.6 Å². The summed E-state index contributed by atoms with van der Waals surface area (Å²) in [5, 5.41) is 19.3. The Morgan fingerprint density at radius 2 is 1.66 bits per heavy atom. The van der Waals surface area contributed by atoms with Crippen LogP contribution in [0.15, 0.2) is 84.7 Å². The van der Waals surface area contributed by atoms with E-state index in [1.807, 2.05) is 18.2 Å². The van der Waals surface area contributed by atoms with E-state index < -0.39 is 112 Å².